The Labute approximate surface area is 118 Å². The molecular formula is C15H20N2O3. The van der Waals surface area contributed by atoms with Gasteiger partial charge in [-0.25, -0.2) is 0 Å². The number of fused-ring (bicyclic) bond motifs is 1. The molecule has 0 aromatic heterocycles. The van der Waals surface area contributed by atoms with Gasteiger partial charge >= 0.3 is 0 Å². The van der Waals surface area contributed by atoms with Crippen molar-refractivity contribution in [3.05, 3.63) is 23.8 Å². The number of benzene rings is 1. The minimum atomic E-state index is -0.0608. The summed E-state index contributed by atoms with van der Waals surface area (Å²) < 4.78 is 10.9. The smallest absolute Gasteiger partial charge is 0.251 e. The lowest BCUT2D eigenvalue weighted by molar-refractivity contribution is 0.0946. The van der Waals surface area contributed by atoms with Crippen molar-refractivity contribution in [2.24, 2.45) is 0 Å². The van der Waals surface area contributed by atoms with Gasteiger partial charge in [-0.2, -0.15) is 0 Å². The topological polar surface area (TPSA) is 59.6 Å². The summed E-state index contributed by atoms with van der Waals surface area (Å²) in [5.41, 5.74) is 0.616. The lowest BCUT2D eigenvalue weighted by Crippen LogP contribution is -2.43. The summed E-state index contributed by atoms with van der Waals surface area (Å²) >= 11 is 0. The zero-order chi connectivity index (χ0) is 13.8. The van der Waals surface area contributed by atoms with Gasteiger partial charge in [0, 0.05) is 18.2 Å². The number of piperidine rings is 1. The van der Waals surface area contributed by atoms with Gasteiger partial charge in [-0.05, 0) is 37.6 Å². The van der Waals surface area contributed by atoms with Crippen LogP contribution in [0.15, 0.2) is 18.2 Å². The van der Waals surface area contributed by atoms with E-state index in [2.05, 4.69) is 10.6 Å². The van der Waals surface area contributed by atoms with E-state index in [1.165, 1.54) is 12.8 Å². The normalized spacial score (nSPS) is 21.3. The predicted molar refractivity (Wildman–Crippen MR) is 75.4 cm³/mol. The van der Waals surface area contributed by atoms with Crippen molar-refractivity contribution in [2.45, 2.75) is 25.3 Å². The Morgan fingerprint density at radius 3 is 2.90 bits per heavy atom. The Bertz CT molecular complexity index is 484. The molecule has 1 aromatic rings. The standard InChI is InChI=1S/C15H20N2O3/c18-15(17-10-12-3-1-2-6-16-12)11-4-5-13-14(9-11)20-8-7-19-13/h4-5,9,12,16H,1-3,6-8,10H2,(H,17,18). The van der Waals surface area contributed by atoms with Crippen molar-refractivity contribution in [3.8, 4) is 11.5 Å². The molecular weight excluding hydrogens is 256 g/mol. The number of carbonyl (C=O) groups is 1. The first kappa shape index (κ1) is 13.2. The minimum Gasteiger partial charge on any atom is -0.486 e. The number of nitrogens with one attached hydrogen (secondary N) is 2. The third kappa shape index (κ3) is 3.04. The highest BCUT2D eigenvalue weighted by Gasteiger charge is 2.17. The van der Waals surface area contributed by atoms with Crippen LogP contribution in [0.25, 0.3) is 0 Å². The molecule has 3 rings (SSSR count). The summed E-state index contributed by atoms with van der Waals surface area (Å²) in [6.45, 7) is 2.81. The van der Waals surface area contributed by atoms with Crippen LogP contribution >= 0.6 is 0 Å². The fourth-order valence-corrected chi connectivity index (χ4v) is 2.60. The highest BCUT2D eigenvalue weighted by atomic mass is 16.6. The first-order valence-corrected chi connectivity index (χ1v) is 7.24. The van der Waals surface area contributed by atoms with Crippen molar-refractivity contribution >= 4 is 5.91 Å². The number of carbonyl (C=O) groups excluding carboxylic acids is 1. The number of amides is 1. The van der Waals surface area contributed by atoms with Gasteiger partial charge in [-0.15, -0.1) is 0 Å². The molecule has 2 aliphatic heterocycles. The van der Waals surface area contributed by atoms with E-state index in [1.807, 2.05) is 0 Å². The maximum absolute atomic E-state index is 12.1. The summed E-state index contributed by atoms with van der Waals surface area (Å²) in [6, 6.07) is 5.71. The average molecular weight is 276 g/mol. The summed E-state index contributed by atoms with van der Waals surface area (Å²) in [4.78, 5) is 12.1. The third-order valence-electron chi connectivity index (χ3n) is 3.73. The van der Waals surface area contributed by atoms with Gasteiger partial charge in [0.2, 0.25) is 0 Å². The molecule has 2 heterocycles. The first-order chi connectivity index (χ1) is 9.83. The SMILES string of the molecule is O=C(NCC1CCCCN1)c1ccc2c(c1)OCCO2. The molecule has 1 amide bonds. The molecule has 5 nitrogen and oxygen atoms in total. The van der Waals surface area contributed by atoms with E-state index in [0.717, 1.165) is 13.0 Å². The molecule has 20 heavy (non-hydrogen) atoms. The Hall–Kier alpha value is -1.75. The second-order valence-electron chi connectivity index (χ2n) is 5.22. The number of hydrogen-bond donors (Lipinski definition) is 2. The Morgan fingerprint density at radius 2 is 2.10 bits per heavy atom. The first-order valence-electron chi connectivity index (χ1n) is 7.24. The second kappa shape index (κ2) is 6.13. The van der Waals surface area contributed by atoms with Crippen molar-refractivity contribution < 1.29 is 14.3 Å². The zero-order valence-electron chi connectivity index (χ0n) is 11.5. The quantitative estimate of drug-likeness (QED) is 0.874. The largest absolute Gasteiger partial charge is 0.486 e. The van der Waals surface area contributed by atoms with E-state index >= 15 is 0 Å². The van der Waals surface area contributed by atoms with Crippen LogP contribution in [0.2, 0.25) is 0 Å². The van der Waals surface area contributed by atoms with Crippen LogP contribution in [0.4, 0.5) is 0 Å². The van der Waals surface area contributed by atoms with E-state index in [9.17, 15) is 4.79 Å². The fourth-order valence-electron chi connectivity index (χ4n) is 2.60. The molecule has 1 unspecified atom stereocenters. The highest BCUT2D eigenvalue weighted by Crippen LogP contribution is 2.30. The van der Waals surface area contributed by atoms with E-state index in [-0.39, 0.29) is 5.91 Å². The summed E-state index contributed by atoms with van der Waals surface area (Å²) in [6.07, 6.45) is 3.59. The highest BCUT2D eigenvalue weighted by molar-refractivity contribution is 5.94. The van der Waals surface area contributed by atoms with Crippen molar-refractivity contribution in [3.63, 3.8) is 0 Å². The van der Waals surface area contributed by atoms with Gasteiger partial charge in [0.15, 0.2) is 11.5 Å². The van der Waals surface area contributed by atoms with Crippen LogP contribution in [0.1, 0.15) is 29.6 Å². The molecule has 0 bridgehead atoms. The van der Waals surface area contributed by atoms with E-state index in [1.54, 1.807) is 18.2 Å². The lowest BCUT2D eigenvalue weighted by atomic mass is 10.0. The summed E-state index contributed by atoms with van der Waals surface area (Å²) in [5, 5.41) is 6.39. The van der Waals surface area contributed by atoms with E-state index < -0.39 is 0 Å². The van der Waals surface area contributed by atoms with Gasteiger partial charge in [0.1, 0.15) is 13.2 Å². The molecule has 0 saturated carbocycles. The van der Waals surface area contributed by atoms with Crippen LogP contribution in [0.5, 0.6) is 11.5 Å². The molecule has 2 aliphatic rings. The number of rotatable bonds is 3. The Balaban J connectivity index is 1.59. The molecule has 1 saturated heterocycles. The summed E-state index contributed by atoms with van der Waals surface area (Å²) in [5.74, 6) is 1.30. The molecule has 1 fully saturated rings. The van der Waals surface area contributed by atoms with E-state index in [4.69, 9.17) is 9.47 Å². The van der Waals surface area contributed by atoms with Gasteiger partial charge in [0.25, 0.3) is 5.91 Å². The molecule has 5 heteroatoms. The second-order valence-corrected chi connectivity index (χ2v) is 5.22. The molecule has 108 valence electrons. The molecule has 0 aliphatic carbocycles. The fraction of sp³-hybridized carbons (Fsp3) is 0.533. The van der Waals surface area contributed by atoms with Crippen LogP contribution in [0.3, 0.4) is 0 Å². The average Bonchev–Trinajstić information content (AvgIpc) is 2.53. The van der Waals surface area contributed by atoms with Crippen LogP contribution < -0.4 is 20.1 Å². The molecule has 2 N–H and O–H groups in total. The van der Waals surface area contributed by atoms with Gasteiger partial charge in [-0.1, -0.05) is 6.42 Å². The Kier molecular flexibility index (Phi) is 4.06. The lowest BCUT2D eigenvalue weighted by Gasteiger charge is -2.23. The van der Waals surface area contributed by atoms with Crippen molar-refractivity contribution in [1.29, 1.82) is 0 Å². The summed E-state index contributed by atoms with van der Waals surface area (Å²) in [7, 11) is 0. The van der Waals surface area contributed by atoms with Crippen LogP contribution in [0, 0.1) is 0 Å². The van der Waals surface area contributed by atoms with E-state index in [0.29, 0.717) is 42.9 Å². The molecule has 0 spiro atoms. The van der Waals surface area contributed by atoms with Crippen molar-refractivity contribution in [1.82, 2.24) is 10.6 Å². The monoisotopic (exact) mass is 276 g/mol. The molecule has 1 atom stereocenters. The Morgan fingerprint density at radius 1 is 1.25 bits per heavy atom. The van der Waals surface area contributed by atoms with Crippen LogP contribution in [-0.2, 0) is 0 Å². The van der Waals surface area contributed by atoms with Gasteiger partial charge in [0.05, 0.1) is 0 Å². The third-order valence-corrected chi connectivity index (χ3v) is 3.73. The van der Waals surface area contributed by atoms with Crippen LogP contribution in [-0.4, -0.2) is 38.3 Å². The maximum Gasteiger partial charge on any atom is 0.251 e. The molecule has 1 aromatic carbocycles. The minimum absolute atomic E-state index is 0.0608. The number of ether oxygens (including phenoxy) is 2. The molecule has 0 radical (unpaired) electrons. The number of hydrogen-bond acceptors (Lipinski definition) is 4. The van der Waals surface area contributed by atoms with Crippen molar-refractivity contribution in [2.75, 3.05) is 26.3 Å². The predicted octanol–water partition coefficient (Wildman–Crippen LogP) is 1.33. The van der Waals surface area contributed by atoms with Gasteiger partial charge < -0.3 is 20.1 Å². The zero-order valence-corrected chi connectivity index (χ0v) is 11.5. The van der Waals surface area contributed by atoms with Gasteiger partial charge in [-0.3, -0.25) is 4.79 Å². The maximum atomic E-state index is 12.1.